The molecule has 1 aliphatic rings. The topological polar surface area (TPSA) is 88.4 Å². The number of halogens is 1. The molecule has 45 heavy (non-hydrogen) atoms. The first kappa shape index (κ1) is 32.1. The Morgan fingerprint density at radius 3 is 2.47 bits per heavy atom. The van der Waals surface area contributed by atoms with Crippen LogP contribution in [-0.2, 0) is 16.1 Å². The number of carbonyl (C=O) groups is 1. The molecule has 1 aromatic heterocycles. The highest BCUT2D eigenvalue weighted by molar-refractivity contribution is 7.07. The highest BCUT2D eigenvalue weighted by atomic mass is 35.5. The Labute approximate surface area is 270 Å². The van der Waals surface area contributed by atoms with Crippen molar-refractivity contribution >= 4 is 35.0 Å². The smallest absolute Gasteiger partial charge is 0.338 e. The van der Waals surface area contributed by atoms with E-state index in [0.29, 0.717) is 61.7 Å². The number of carbonyl (C=O) groups excluding carboxylic acids is 1. The minimum atomic E-state index is -0.778. The molecule has 1 atom stereocenters. The van der Waals surface area contributed by atoms with Crippen molar-refractivity contribution in [3.05, 3.63) is 119 Å². The van der Waals surface area contributed by atoms with Crippen LogP contribution >= 0.6 is 22.9 Å². The van der Waals surface area contributed by atoms with Crippen LogP contribution < -0.4 is 29.1 Å². The molecular formula is C35H35ClN2O6S. The summed E-state index contributed by atoms with van der Waals surface area (Å²) in [6.45, 7) is 10.3. The SMILES string of the molecule is CCOC(=O)C1=C(C)N=c2s/c(=C/c3ccc(OCc4ccc(Cl)cc4)c(OCC)c3)c(=O)n2[C@@H]1c1ccccc1OC(C)C. The Bertz CT molecular complexity index is 1910. The predicted octanol–water partition coefficient (Wildman–Crippen LogP) is 6.22. The molecule has 3 aromatic carbocycles. The average Bonchev–Trinajstić information content (AvgIpc) is 3.31. The fraction of sp³-hybridized carbons (Fsp3) is 0.286. The number of ether oxygens (including phenoxy) is 4. The van der Waals surface area contributed by atoms with Crippen molar-refractivity contribution in [1.82, 2.24) is 4.57 Å². The molecule has 0 N–H and O–H groups in total. The largest absolute Gasteiger partial charge is 0.491 e. The van der Waals surface area contributed by atoms with Crippen LogP contribution in [0, 0.1) is 0 Å². The van der Waals surface area contributed by atoms with Crippen LogP contribution in [0.3, 0.4) is 0 Å². The maximum atomic E-state index is 14.1. The van der Waals surface area contributed by atoms with E-state index < -0.39 is 12.0 Å². The zero-order chi connectivity index (χ0) is 32.1. The summed E-state index contributed by atoms with van der Waals surface area (Å²) in [7, 11) is 0. The minimum absolute atomic E-state index is 0.115. The molecule has 8 nitrogen and oxygen atoms in total. The lowest BCUT2D eigenvalue weighted by atomic mass is 9.95. The molecule has 0 fully saturated rings. The van der Waals surface area contributed by atoms with Gasteiger partial charge < -0.3 is 18.9 Å². The van der Waals surface area contributed by atoms with E-state index >= 15 is 0 Å². The number of rotatable bonds is 11. The number of esters is 1. The number of hydrogen-bond donors (Lipinski definition) is 0. The van der Waals surface area contributed by atoms with Gasteiger partial charge in [0.1, 0.15) is 18.4 Å². The lowest BCUT2D eigenvalue weighted by Crippen LogP contribution is -2.40. The fourth-order valence-electron chi connectivity index (χ4n) is 5.05. The van der Waals surface area contributed by atoms with E-state index in [0.717, 1.165) is 11.1 Å². The van der Waals surface area contributed by atoms with Crippen molar-refractivity contribution in [2.24, 2.45) is 4.99 Å². The van der Waals surface area contributed by atoms with Gasteiger partial charge in [0.2, 0.25) is 0 Å². The standard InChI is InChI=1S/C35H35ClN2O6S/c1-6-41-29-18-24(14-17-28(29)43-20-23-12-15-25(36)16-13-23)19-30-33(39)38-32(26-10-8-9-11-27(26)44-21(3)4)31(34(40)42-7-2)22(5)37-35(38)45-30/h8-19,21,32H,6-7,20H2,1-5H3/b30-19+/t32-/m1/s1. The van der Waals surface area contributed by atoms with Crippen LogP contribution in [0.5, 0.6) is 17.2 Å². The van der Waals surface area contributed by atoms with Gasteiger partial charge in [-0.2, -0.15) is 0 Å². The van der Waals surface area contributed by atoms with Crippen LogP contribution in [-0.4, -0.2) is 29.9 Å². The fourth-order valence-corrected chi connectivity index (χ4v) is 6.22. The Kier molecular flexibility index (Phi) is 10.1. The molecule has 234 valence electrons. The van der Waals surface area contributed by atoms with E-state index in [2.05, 4.69) is 4.99 Å². The summed E-state index contributed by atoms with van der Waals surface area (Å²) in [6.07, 6.45) is 1.68. The number of fused-ring (bicyclic) bond motifs is 1. The molecule has 10 heteroatoms. The number of hydrogen-bond acceptors (Lipinski definition) is 8. The number of nitrogens with zero attached hydrogens (tertiary/aromatic N) is 2. The molecule has 0 radical (unpaired) electrons. The maximum absolute atomic E-state index is 14.1. The van der Waals surface area contributed by atoms with E-state index in [9.17, 15) is 9.59 Å². The molecule has 4 aromatic rings. The molecule has 0 saturated heterocycles. The van der Waals surface area contributed by atoms with Gasteiger partial charge in [-0.25, -0.2) is 9.79 Å². The second-order valence-corrected chi connectivity index (χ2v) is 12.0. The molecule has 0 aliphatic carbocycles. The molecule has 2 heterocycles. The Balaban J connectivity index is 1.58. The summed E-state index contributed by atoms with van der Waals surface area (Å²) in [4.78, 5) is 32.6. The number of benzene rings is 3. The third kappa shape index (κ3) is 7.16. The third-order valence-electron chi connectivity index (χ3n) is 6.97. The first-order valence-electron chi connectivity index (χ1n) is 14.8. The summed E-state index contributed by atoms with van der Waals surface area (Å²) < 4.78 is 25.5. The predicted molar refractivity (Wildman–Crippen MR) is 176 cm³/mol. The van der Waals surface area contributed by atoms with E-state index in [4.69, 9.17) is 30.5 Å². The molecular weight excluding hydrogens is 612 g/mol. The van der Waals surface area contributed by atoms with Gasteiger partial charge in [0.25, 0.3) is 5.56 Å². The van der Waals surface area contributed by atoms with Gasteiger partial charge in [-0.1, -0.05) is 59.3 Å². The summed E-state index contributed by atoms with van der Waals surface area (Å²) >= 11 is 7.26. The average molecular weight is 647 g/mol. The number of aromatic nitrogens is 1. The van der Waals surface area contributed by atoms with Crippen molar-refractivity contribution in [3.63, 3.8) is 0 Å². The minimum Gasteiger partial charge on any atom is -0.491 e. The number of thiazole rings is 1. The lowest BCUT2D eigenvalue weighted by Gasteiger charge is -2.26. The van der Waals surface area contributed by atoms with Gasteiger partial charge >= 0.3 is 5.97 Å². The maximum Gasteiger partial charge on any atom is 0.338 e. The molecule has 0 amide bonds. The van der Waals surface area contributed by atoms with Crippen molar-refractivity contribution in [3.8, 4) is 17.2 Å². The summed E-state index contributed by atoms with van der Waals surface area (Å²) in [6, 6.07) is 19.7. The van der Waals surface area contributed by atoms with Gasteiger partial charge in [0.05, 0.1) is 35.1 Å². The van der Waals surface area contributed by atoms with E-state index in [1.54, 1.807) is 24.5 Å². The monoisotopic (exact) mass is 646 g/mol. The van der Waals surface area contributed by atoms with E-state index in [1.165, 1.54) is 11.3 Å². The van der Waals surface area contributed by atoms with Crippen LogP contribution in [0.2, 0.25) is 5.02 Å². The van der Waals surface area contributed by atoms with Crippen molar-refractivity contribution < 1.29 is 23.7 Å². The van der Waals surface area contributed by atoms with Crippen molar-refractivity contribution in [2.75, 3.05) is 13.2 Å². The van der Waals surface area contributed by atoms with Crippen LogP contribution in [0.4, 0.5) is 0 Å². The molecule has 5 rings (SSSR count). The summed E-state index contributed by atoms with van der Waals surface area (Å²) in [5.74, 6) is 1.21. The van der Waals surface area contributed by atoms with Gasteiger partial charge in [0, 0.05) is 10.6 Å². The Hall–Kier alpha value is -4.34. The Morgan fingerprint density at radius 1 is 1.00 bits per heavy atom. The quantitative estimate of drug-likeness (QED) is 0.180. The second-order valence-electron chi connectivity index (χ2n) is 10.6. The van der Waals surface area contributed by atoms with Gasteiger partial charge in [-0.15, -0.1) is 0 Å². The molecule has 0 unspecified atom stereocenters. The second kappa shape index (κ2) is 14.2. The van der Waals surface area contributed by atoms with Crippen LogP contribution in [0.25, 0.3) is 6.08 Å². The number of allylic oxidation sites excluding steroid dienone is 1. The molecule has 0 bridgehead atoms. The van der Waals surface area contributed by atoms with Gasteiger partial charge in [0.15, 0.2) is 16.3 Å². The van der Waals surface area contributed by atoms with E-state index in [1.807, 2.05) is 87.5 Å². The highest BCUT2D eigenvalue weighted by Crippen LogP contribution is 2.36. The first-order chi connectivity index (χ1) is 21.7. The highest BCUT2D eigenvalue weighted by Gasteiger charge is 2.35. The molecule has 0 spiro atoms. The Morgan fingerprint density at radius 2 is 1.76 bits per heavy atom. The van der Waals surface area contributed by atoms with Gasteiger partial charge in [-0.3, -0.25) is 9.36 Å². The molecule has 0 saturated carbocycles. The van der Waals surface area contributed by atoms with Crippen molar-refractivity contribution in [2.45, 2.75) is 53.4 Å². The number of para-hydroxylation sites is 1. The summed E-state index contributed by atoms with van der Waals surface area (Å²) in [5.41, 5.74) is 2.92. The first-order valence-corrected chi connectivity index (χ1v) is 16.0. The van der Waals surface area contributed by atoms with Crippen LogP contribution in [0.1, 0.15) is 57.4 Å². The lowest BCUT2D eigenvalue weighted by molar-refractivity contribution is -0.139. The zero-order valence-electron chi connectivity index (χ0n) is 25.8. The third-order valence-corrected chi connectivity index (χ3v) is 8.20. The zero-order valence-corrected chi connectivity index (χ0v) is 27.4. The van der Waals surface area contributed by atoms with Crippen molar-refractivity contribution in [1.29, 1.82) is 0 Å². The molecule has 1 aliphatic heterocycles. The van der Waals surface area contributed by atoms with E-state index in [-0.39, 0.29) is 18.3 Å². The normalized spacial score (nSPS) is 14.6. The van der Waals surface area contributed by atoms with Gasteiger partial charge in [-0.05, 0) is 82.2 Å². The van der Waals surface area contributed by atoms with Crippen LogP contribution in [0.15, 0.2) is 87.8 Å². The summed E-state index contributed by atoms with van der Waals surface area (Å²) in [5, 5.41) is 0.662.